The Morgan fingerprint density at radius 2 is 2.00 bits per heavy atom. The molecular weight excluding hydrogens is 319 g/mol. The molecule has 3 nitrogen and oxygen atoms in total. The zero-order valence-corrected chi connectivity index (χ0v) is 11.8. The molecule has 1 aromatic heterocycles. The molecule has 0 saturated heterocycles. The highest BCUT2D eigenvalue weighted by Gasteiger charge is 2.34. The number of halogens is 4. The first-order valence-electron chi connectivity index (χ1n) is 4.94. The van der Waals surface area contributed by atoms with E-state index in [9.17, 15) is 13.2 Å². The minimum atomic E-state index is -4.36. The zero-order valence-electron chi connectivity index (χ0n) is 9.37. The number of thioether (sulfide) groups is 1. The third-order valence-corrected chi connectivity index (χ3v) is 4.07. The summed E-state index contributed by atoms with van der Waals surface area (Å²) in [5, 5.41) is 18.1. The monoisotopic (exact) mass is 325 g/mol. The van der Waals surface area contributed by atoms with Gasteiger partial charge in [0.25, 0.3) is 0 Å². The number of hydrogen-bond donors (Lipinski definition) is 0. The van der Waals surface area contributed by atoms with Gasteiger partial charge in [-0.3, -0.25) is 0 Å². The molecule has 1 aromatic rings. The highest BCUT2D eigenvalue weighted by molar-refractivity contribution is 8.00. The van der Waals surface area contributed by atoms with Crippen LogP contribution in [0, 0.1) is 28.1 Å². The van der Waals surface area contributed by atoms with E-state index in [0.29, 0.717) is 4.88 Å². The molecule has 102 valence electrons. The van der Waals surface area contributed by atoms with Gasteiger partial charge in [-0.15, -0.1) is 11.3 Å². The second-order valence-electron chi connectivity index (χ2n) is 3.61. The molecule has 1 rings (SSSR count). The third kappa shape index (κ3) is 5.27. The molecule has 0 aromatic carbocycles. The standard InChI is InChI=1S/C10H7ClF3N3S2/c11-8-17-4-7(19-8)3-9(5-15,6-16)1-2-18-10(12,13)14/h4H,1-3H2. The van der Waals surface area contributed by atoms with Gasteiger partial charge in [0.15, 0.2) is 4.47 Å². The Kier molecular flexibility index (Phi) is 5.48. The van der Waals surface area contributed by atoms with Crippen LogP contribution in [0.3, 0.4) is 0 Å². The van der Waals surface area contributed by atoms with Crippen LogP contribution in [0.5, 0.6) is 0 Å². The van der Waals surface area contributed by atoms with Crippen LogP contribution >= 0.6 is 34.7 Å². The van der Waals surface area contributed by atoms with Gasteiger partial charge in [0.2, 0.25) is 0 Å². The number of aromatic nitrogens is 1. The Morgan fingerprint density at radius 3 is 2.42 bits per heavy atom. The van der Waals surface area contributed by atoms with E-state index >= 15 is 0 Å². The molecule has 0 unspecified atom stereocenters. The van der Waals surface area contributed by atoms with Crippen LogP contribution in [0.25, 0.3) is 0 Å². The minimum Gasteiger partial charge on any atom is -0.233 e. The maximum absolute atomic E-state index is 12.0. The summed E-state index contributed by atoms with van der Waals surface area (Å²) in [5.74, 6) is -0.336. The van der Waals surface area contributed by atoms with Gasteiger partial charge in [0.1, 0.15) is 5.41 Å². The quantitative estimate of drug-likeness (QED) is 0.820. The smallest absolute Gasteiger partial charge is 0.233 e. The van der Waals surface area contributed by atoms with E-state index in [1.54, 1.807) is 12.1 Å². The van der Waals surface area contributed by atoms with Crippen LogP contribution in [0.15, 0.2) is 6.20 Å². The lowest BCUT2D eigenvalue weighted by molar-refractivity contribution is -0.0328. The number of thiazole rings is 1. The molecule has 9 heteroatoms. The Labute approximate surface area is 121 Å². The molecule has 0 bridgehead atoms. The van der Waals surface area contributed by atoms with Crippen molar-refractivity contribution >= 4 is 34.7 Å². The van der Waals surface area contributed by atoms with Gasteiger partial charge in [-0.05, 0) is 6.42 Å². The number of alkyl halides is 3. The first kappa shape index (κ1) is 16.1. The maximum Gasteiger partial charge on any atom is 0.441 e. The topological polar surface area (TPSA) is 60.5 Å². The molecular formula is C10H7ClF3N3S2. The van der Waals surface area contributed by atoms with Crippen LogP contribution in [0.4, 0.5) is 13.2 Å². The SMILES string of the molecule is N#CC(C#N)(CCSC(F)(F)F)Cc1cnc(Cl)s1. The van der Waals surface area contributed by atoms with E-state index in [-0.39, 0.29) is 34.8 Å². The molecule has 0 spiro atoms. The van der Waals surface area contributed by atoms with Crippen LogP contribution in [0.1, 0.15) is 11.3 Å². The van der Waals surface area contributed by atoms with Crippen molar-refractivity contribution in [3.8, 4) is 12.1 Å². The van der Waals surface area contributed by atoms with E-state index in [2.05, 4.69) is 4.98 Å². The number of nitrogens with zero attached hydrogens (tertiary/aromatic N) is 3. The molecule has 0 aliphatic heterocycles. The predicted molar refractivity (Wildman–Crippen MR) is 67.6 cm³/mol. The molecule has 19 heavy (non-hydrogen) atoms. The van der Waals surface area contributed by atoms with Crippen molar-refractivity contribution in [1.82, 2.24) is 4.98 Å². The van der Waals surface area contributed by atoms with Gasteiger partial charge in [0, 0.05) is 23.2 Å². The van der Waals surface area contributed by atoms with E-state index in [0.717, 1.165) is 11.3 Å². The van der Waals surface area contributed by atoms with Gasteiger partial charge in [0.05, 0.1) is 12.1 Å². The Morgan fingerprint density at radius 1 is 1.37 bits per heavy atom. The molecule has 1 heterocycles. The molecule has 0 N–H and O–H groups in total. The lowest BCUT2D eigenvalue weighted by Gasteiger charge is -2.17. The molecule has 0 atom stereocenters. The van der Waals surface area contributed by atoms with E-state index in [1.165, 1.54) is 6.20 Å². The second-order valence-corrected chi connectivity index (χ2v) is 6.46. The van der Waals surface area contributed by atoms with Crippen molar-refractivity contribution in [3.63, 3.8) is 0 Å². The first-order chi connectivity index (χ1) is 8.80. The average Bonchev–Trinajstić information content (AvgIpc) is 2.72. The normalized spacial score (nSPS) is 11.9. The minimum absolute atomic E-state index is 0.0306. The van der Waals surface area contributed by atoms with Crippen LogP contribution in [-0.2, 0) is 6.42 Å². The third-order valence-electron chi connectivity index (χ3n) is 2.22. The van der Waals surface area contributed by atoms with Crippen molar-refractivity contribution in [2.45, 2.75) is 18.3 Å². The molecule has 0 saturated carbocycles. The lowest BCUT2D eigenvalue weighted by Crippen LogP contribution is -2.21. The summed E-state index contributed by atoms with van der Waals surface area (Å²) >= 11 is 6.50. The maximum atomic E-state index is 12.0. The van der Waals surface area contributed by atoms with E-state index < -0.39 is 10.9 Å². The summed E-state index contributed by atoms with van der Waals surface area (Å²) in [4.78, 5) is 4.37. The van der Waals surface area contributed by atoms with Gasteiger partial charge < -0.3 is 0 Å². The second kappa shape index (κ2) is 6.47. The molecule has 0 radical (unpaired) electrons. The summed E-state index contributed by atoms with van der Waals surface area (Å²) in [7, 11) is 0. The summed E-state index contributed by atoms with van der Waals surface area (Å²) in [5.41, 5.74) is -5.83. The predicted octanol–water partition coefficient (Wildman–Crippen LogP) is 4.02. The largest absolute Gasteiger partial charge is 0.441 e. The fourth-order valence-corrected chi connectivity index (χ4v) is 3.08. The Hall–Kier alpha value is -0.960. The summed E-state index contributed by atoms with van der Waals surface area (Å²) in [6.45, 7) is 0. The van der Waals surface area contributed by atoms with Gasteiger partial charge >= 0.3 is 5.51 Å². The van der Waals surface area contributed by atoms with Crippen LogP contribution in [-0.4, -0.2) is 16.2 Å². The van der Waals surface area contributed by atoms with Crippen molar-refractivity contribution in [2.24, 2.45) is 5.41 Å². The first-order valence-corrected chi connectivity index (χ1v) is 7.12. The van der Waals surface area contributed by atoms with E-state index in [1.807, 2.05) is 0 Å². The number of nitriles is 2. The fourth-order valence-electron chi connectivity index (χ4n) is 1.31. The summed E-state index contributed by atoms with van der Waals surface area (Å²) in [6.07, 6.45) is 1.29. The number of hydrogen-bond acceptors (Lipinski definition) is 5. The Bertz CT molecular complexity index is 501. The van der Waals surface area contributed by atoms with Crippen molar-refractivity contribution in [2.75, 3.05) is 5.75 Å². The molecule has 0 aliphatic rings. The van der Waals surface area contributed by atoms with Crippen molar-refractivity contribution < 1.29 is 13.2 Å². The highest BCUT2D eigenvalue weighted by Crippen LogP contribution is 2.35. The van der Waals surface area contributed by atoms with Crippen LogP contribution in [0.2, 0.25) is 4.47 Å². The number of rotatable bonds is 5. The van der Waals surface area contributed by atoms with Crippen molar-refractivity contribution in [1.29, 1.82) is 10.5 Å². The van der Waals surface area contributed by atoms with Gasteiger partial charge in [-0.2, -0.15) is 23.7 Å². The van der Waals surface area contributed by atoms with E-state index in [4.69, 9.17) is 22.1 Å². The molecule has 0 fully saturated rings. The fraction of sp³-hybridized carbons (Fsp3) is 0.500. The zero-order chi connectivity index (χ0) is 14.5. The van der Waals surface area contributed by atoms with Crippen LogP contribution < -0.4 is 0 Å². The van der Waals surface area contributed by atoms with Gasteiger partial charge in [-0.25, -0.2) is 4.98 Å². The van der Waals surface area contributed by atoms with Gasteiger partial charge in [-0.1, -0.05) is 23.4 Å². The lowest BCUT2D eigenvalue weighted by atomic mass is 9.84. The average molecular weight is 326 g/mol. The highest BCUT2D eigenvalue weighted by atomic mass is 35.5. The molecule has 0 amide bonds. The summed E-state index contributed by atoms with van der Waals surface area (Å²) < 4.78 is 36.4. The summed E-state index contributed by atoms with van der Waals surface area (Å²) in [6, 6.07) is 3.61. The Balaban J connectivity index is 2.70. The van der Waals surface area contributed by atoms with Crippen molar-refractivity contribution in [3.05, 3.63) is 15.5 Å². The molecule has 0 aliphatic carbocycles.